The van der Waals surface area contributed by atoms with Crippen molar-refractivity contribution in [3.05, 3.63) is 19.4 Å². The lowest BCUT2D eigenvalue weighted by atomic mass is 9.80. The molecule has 0 amide bonds. The van der Waals surface area contributed by atoms with Crippen molar-refractivity contribution in [1.82, 2.24) is 5.32 Å². The van der Waals surface area contributed by atoms with E-state index in [-0.39, 0.29) is 0 Å². The number of thiophene rings is 1. The predicted molar refractivity (Wildman–Crippen MR) is 89.3 cm³/mol. The van der Waals surface area contributed by atoms with Crippen LogP contribution in [0, 0.1) is 14.2 Å². The summed E-state index contributed by atoms with van der Waals surface area (Å²) in [5.41, 5.74) is 1.95. The molecular weight excluding hydrogens is 353 g/mol. The smallest absolute Gasteiger partial charge is 0.0659 e. The SMILES string of the molecule is CC(C)C(C)(C)CNC1CCCc2sc(I)cc21. The van der Waals surface area contributed by atoms with Gasteiger partial charge in [0.1, 0.15) is 0 Å². The third-order valence-electron chi connectivity index (χ3n) is 4.45. The van der Waals surface area contributed by atoms with Gasteiger partial charge >= 0.3 is 0 Å². The molecule has 2 rings (SSSR count). The molecule has 0 fully saturated rings. The molecule has 1 unspecified atom stereocenters. The van der Waals surface area contributed by atoms with Gasteiger partial charge in [-0.25, -0.2) is 0 Å². The Morgan fingerprint density at radius 3 is 2.89 bits per heavy atom. The van der Waals surface area contributed by atoms with E-state index < -0.39 is 0 Å². The third kappa shape index (κ3) is 3.28. The van der Waals surface area contributed by atoms with E-state index in [4.69, 9.17) is 0 Å². The number of hydrogen-bond donors (Lipinski definition) is 1. The molecule has 0 saturated carbocycles. The van der Waals surface area contributed by atoms with Crippen molar-refractivity contribution in [2.24, 2.45) is 11.3 Å². The molecule has 1 N–H and O–H groups in total. The summed E-state index contributed by atoms with van der Waals surface area (Å²) < 4.78 is 1.44. The first-order valence-corrected chi connectivity index (χ1v) is 8.81. The van der Waals surface area contributed by atoms with E-state index in [0.29, 0.717) is 11.5 Å². The Kier molecular flexibility index (Phi) is 4.76. The van der Waals surface area contributed by atoms with Crippen molar-refractivity contribution in [1.29, 1.82) is 0 Å². The van der Waals surface area contributed by atoms with Crippen molar-refractivity contribution in [3.8, 4) is 0 Å². The first-order valence-electron chi connectivity index (χ1n) is 6.91. The molecule has 1 aromatic heterocycles. The van der Waals surface area contributed by atoms with Gasteiger partial charge in [-0.2, -0.15) is 0 Å². The number of rotatable bonds is 4. The summed E-state index contributed by atoms with van der Waals surface area (Å²) in [6.07, 6.45) is 3.92. The summed E-state index contributed by atoms with van der Waals surface area (Å²) in [5, 5.41) is 3.82. The van der Waals surface area contributed by atoms with E-state index in [1.807, 2.05) is 11.3 Å². The lowest BCUT2D eigenvalue weighted by Gasteiger charge is -2.33. The minimum Gasteiger partial charge on any atom is -0.309 e. The molecule has 1 aliphatic rings. The summed E-state index contributed by atoms with van der Waals surface area (Å²) >= 11 is 4.44. The van der Waals surface area contributed by atoms with Crippen LogP contribution in [-0.2, 0) is 6.42 Å². The number of hydrogen-bond acceptors (Lipinski definition) is 2. The molecule has 0 radical (unpaired) electrons. The van der Waals surface area contributed by atoms with Crippen LogP contribution in [0.25, 0.3) is 0 Å². The number of fused-ring (bicyclic) bond motifs is 1. The molecule has 18 heavy (non-hydrogen) atoms. The molecular formula is C15H24INS. The van der Waals surface area contributed by atoms with Gasteiger partial charge in [0.05, 0.1) is 2.88 Å². The van der Waals surface area contributed by atoms with Crippen LogP contribution in [0.1, 0.15) is 57.0 Å². The van der Waals surface area contributed by atoms with Crippen molar-refractivity contribution in [2.45, 2.75) is 53.0 Å². The Morgan fingerprint density at radius 2 is 2.22 bits per heavy atom. The van der Waals surface area contributed by atoms with Crippen molar-refractivity contribution in [3.63, 3.8) is 0 Å². The fourth-order valence-electron chi connectivity index (χ4n) is 2.32. The average Bonchev–Trinajstić information content (AvgIpc) is 2.66. The molecule has 0 aromatic carbocycles. The summed E-state index contributed by atoms with van der Waals surface area (Å²) in [7, 11) is 0. The zero-order valence-electron chi connectivity index (χ0n) is 11.8. The number of halogens is 1. The van der Waals surface area contributed by atoms with Crippen LogP contribution in [0.3, 0.4) is 0 Å². The van der Waals surface area contributed by atoms with Crippen LogP contribution >= 0.6 is 33.9 Å². The zero-order chi connectivity index (χ0) is 13.3. The molecule has 1 aromatic rings. The summed E-state index contributed by atoms with van der Waals surface area (Å²) in [5.74, 6) is 0.718. The average molecular weight is 377 g/mol. The molecule has 0 saturated heterocycles. The quantitative estimate of drug-likeness (QED) is 0.728. The van der Waals surface area contributed by atoms with Crippen LogP contribution < -0.4 is 5.32 Å². The normalized spacial score (nSPS) is 20.2. The molecule has 1 atom stereocenters. The standard InChI is InChI=1S/C15H24INS/c1-10(2)15(3,4)9-17-12-6-5-7-13-11(12)8-14(16)18-13/h8,10,12,17H,5-7,9H2,1-4H3. The fourth-order valence-corrected chi connectivity index (χ4v) is 4.44. The zero-order valence-corrected chi connectivity index (χ0v) is 14.8. The van der Waals surface area contributed by atoms with Crippen LogP contribution in [0.5, 0.6) is 0 Å². The first-order chi connectivity index (χ1) is 8.40. The highest BCUT2D eigenvalue weighted by Crippen LogP contribution is 2.37. The molecule has 0 spiro atoms. The maximum absolute atomic E-state index is 3.82. The van der Waals surface area contributed by atoms with E-state index in [1.165, 1.54) is 22.1 Å². The van der Waals surface area contributed by atoms with Crippen LogP contribution in [0.4, 0.5) is 0 Å². The van der Waals surface area contributed by atoms with Crippen molar-refractivity contribution in [2.75, 3.05) is 6.54 Å². The number of nitrogens with one attached hydrogen (secondary N) is 1. The summed E-state index contributed by atoms with van der Waals surface area (Å²) in [6, 6.07) is 2.98. The van der Waals surface area contributed by atoms with Crippen molar-refractivity contribution >= 4 is 33.9 Å². The molecule has 1 nitrogen and oxygen atoms in total. The molecule has 1 aliphatic carbocycles. The monoisotopic (exact) mass is 377 g/mol. The fraction of sp³-hybridized carbons (Fsp3) is 0.733. The van der Waals surface area contributed by atoms with Gasteiger partial charge in [-0.15, -0.1) is 11.3 Å². The Morgan fingerprint density at radius 1 is 1.50 bits per heavy atom. The minimum atomic E-state index is 0.376. The van der Waals surface area contributed by atoms with Gasteiger partial charge in [0.2, 0.25) is 0 Å². The second-order valence-corrected chi connectivity index (χ2v) is 9.43. The lowest BCUT2D eigenvalue weighted by Crippen LogP contribution is -2.36. The molecule has 0 bridgehead atoms. The van der Waals surface area contributed by atoms with Gasteiger partial charge in [-0.05, 0) is 64.8 Å². The van der Waals surface area contributed by atoms with E-state index in [1.54, 1.807) is 10.4 Å². The van der Waals surface area contributed by atoms with E-state index in [9.17, 15) is 0 Å². The van der Waals surface area contributed by atoms with E-state index in [0.717, 1.165) is 12.5 Å². The maximum atomic E-state index is 3.82. The Labute approximate surface area is 129 Å². The third-order valence-corrected chi connectivity index (χ3v) is 6.42. The minimum absolute atomic E-state index is 0.376. The Hall–Kier alpha value is 0.390. The molecule has 102 valence electrons. The molecule has 1 heterocycles. The lowest BCUT2D eigenvalue weighted by molar-refractivity contribution is 0.224. The van der Waals surface area contributed by atoms with E-state index in [2.05, 4.69) is 61.7 Å². The molecule has 3 heteroatoms. The number of aryl methyl sites for hydroxylation is 1. The first kappa shape index (κ1) is 14.8. The second-order valence-electron chi connectivity index (χ2n) is 6.40. The van der Waals surface area contributed by atoms with Gasteiger partial charge in [0.15, 0.2) is 0 Å². The highest BCUT2D eigenvalue weighted by molar-refractivity contribution is 14.1. The Bertz CT molecular complexity index is 409. The summed E-state index contributed by atoms with van der Waals surface area (Å²) in [4.78, 5) is 1.62. The predicted octanol–water partition coefficient (Wildman–Crippen LogP) is 5.00. The second kappa shape index (κ2) is 5.80. The van der Waals surface area contributed by atoms with Crippen LogP contribution in [-0.4, -0.2) is 6.54 Å². The Balaban J connectivity index is 2.03. The van der Waals surface area contributed by atoms with E-state index >= 15 is 0 Å². The van der Waals surface area contributed by atoms with Gasteiger partial charge in [-0.1, -0.05) is 27.7 Å². The van der Waals surface area contributed by atoms with Gasteiger partial charge in [0.25, 0.3) is 0 Å². The highest BCUT2D eigenvalue weighted by Gasteiger charge is 2.27. The van der Waals surface area contributed by atoms with Crippen LogP contribution in [0.2, 0.25) is 0 Å². The maximum Gasteiger partial charge on any atom is 0.0659 e. The topological polar surface area (TPSA) is 12.0 Å². The van der Waals surface area contributed by atoms with Crippen LogP contribution in [0.15, 0.2) is 6.07 Å². The van der Waals surface area contributed by atoms with Crippen molar-refractivity contribution < 1.29 is 0 Å². The van der Waals surface area contributed by atoms with Gasteiger partial charge < -0.3 is 5.32 Å². The summed E-state index contributed by atoms with van der Waals surface area (Å²) in [6.45, 7) is 10.5. The van der Waals surface area contributed by atoms with Gasteiger partial charge in [0, 0.05) is 17.5 Å². The largest absolute Gasteiger partial charge is 0.309 e. The molecule has 0 aliphatic heterocycles. The highest BCUT2D eigenvalue weighted by atomic mass is 127. The van der Waals surface area contributed by atoms with Gasteiger partial charge in [-0.3, -0.25) is 0 Å².